The number of amides is 1. The van der Waals surface area contributed by atoms with Gasteiger partial charge in [0.2, 0.25) is 5.91 Å². The molecule has 0 aliphatic rings. The topological polar surface area (TPSA) is 115 Å². The van der Waals surface area contributed by atoms with Crippen molar-refractivity contribution in [2.75, 3.05) is 26.0 Å². The molecule has 0 radical (unpaired) electrons. The summed E-state index contributed by atoms with van der Waals surface area (Å²) in [6, 6.07) is 11.9. The van der Waals surface area contributed by atoms with Gasteiger partial charge in [-0.25, -0.2) is 4.98 Å². The molecule has 0 bridgehead atoms. The van der Waals surface area contributed by atoms with Gasteiger partial charge < -0.3 is 15.2 Å². The Kier molecular flexibility index (Phi) is 5.51. The van der Waals surface area contributed by atoms with E-state index in [1.165, 1.54) is 0 Å². The molecule has 9 nitrogen and oxygen atoms in total. The van der Waals surface area contributed by atoms with Crippen molar-refractivity contribution in [1.29, 1.82) is 0 Å². The van der Waals surface area contributed by atoms with Crippen molar-refractivity contribution in [2.24, 2.45) is 0 Å². The molecule has 0 unspecified atom stereocenters. The molecule has 36 heavy (non-hydrogen) atoms. The molecule has 0 saturated carbocycles. The first-order valence-electron chi connectivity index (χ1n) is 11.3. The number of pyridine rings is 2. The summed E-state index contributed by atoms with van der Waals surface area (Å²) in [5, 5.41) is 15.6. The fourth-order valence-corrected chi connectivity index (χ4v) is 4.83. The number of hydrogen-bond donors (Lipinski definition) is 3. The van der Waals surface area contributed by atoms with E-state index in [-0.39, 0.29) is 5.91 Å². The maximum atomic E-state index is 12.2. The predicted octanol–water partition coefficient (Wildman–Crippen LogP) is 4.79. The molecule has 0 spiro atoms. The minimum absolute atomic E-state index is 0.0901. The first-order valence-corrected chi connectivity index (χ1v) is 12.3. The van der Waals surface area contributed by atoms with Crippen LogP contribution in [0.5, 0.6) is 0 Å². The molecule has 5 heterocycles. The van der Waals surface area contributed by atoms with E-state index in [0.717, 1.165) is 50.0 Å². The highest BCUT2D eigenvalue weighted by Crippen LogP contribution is 2.33. The summed E-state index contributed by atoms with van der Waals surface area (Å²) in [4.78, 5) is 31.2. The maximum Gasteiger partial charge on any atom is 0.238 e. The van der Waals surface area contributed by atoms with Crippen LogP contribution in [-0.2, 0) is 4.79 Å². The number of benzene rings is 1. The second-order valence-electron chi connectivity index (χ2n) is 8.73. The molecule has 3 N–H and O–H groups in total. The number of fused-ring (bicyclic) bond motifs is 2. The lowest BCUT2D eigenvalue weighted by atomic mass is 10.0. The van der Waals surface area contributed by atoms with E-state index in [0.29, 0.717) is 18.1 Å². The summed E-state index contributed by atoms with van der Waals surface area (Å²) in [7, 11) is 3.71. The van der Waals surface area contributed by atoms with Crippen molar-refractivity contribution in [2.45, 2.75) is 0 Å². The van der Waals surface area contributed by atoms with Crippen molar-refractivity contribution >= 4 is 44.9 Å². The Morgan fingerprint density at radius 1 is 1.03 bits per heavy atom. The molecule has 1 aromatic carbocycles. The summed E-state index contributed by atoms with van der Waals surface area (Å²) < 4.78 is 0. The van der Waals surface area contributed by atoms with E-state index >= 15 is 0 Å². The van der Waals surface area contributed by atoms with Gasteiger partial charge in [0, 0.05) is 34.3 Å². The fourth-order valence-electron chi connectivity index (χ4n) is 4.19. The summed E-state index contributed by atoms with van der Waals surface area (Å²) in [6.07, 6.45) is 5.21. The monoisotopic (exact) mass is 494 g/mol. The van der Waals surface area contributed by atoms with Crippen molar-refractivity contribution < 1.29 is 4.79 Å². The average Bonchev–Trinajstić information content (AvgIpc) is 3.62. The highest BCUT2D eigenvalue weighted by molar-refractivity contribution is 7.08. The van der Waals surface area contributed by atoms with Gasteiger partial charge in [-0.3, -0.25) is 19.9 Å². The van der Waals surface area contributed by atoms with E-state index < -0.39 is 0 Å². The van der Waals surface area contributed by atoms with Crippen LogP contribution in [0.4, 0.5) is 5.69 Å². The second-order valence-corrected chi connectivity index (χ2v) is 9.51. The standard InChI is InChI=1S/C26H22N8OS/c1-34(2)13-22(35)29-18-9-17(11-27-12-18)15-3-4-20-19(10-15)24(33-32-20)26-30-21-5-7-28-23(25(21)31-26)16-6-8-36-14-16/h3-12,14H,13H2,1-2H3,(H,29,35)(H,30,31)(H,32,33). The Balaban J connectivity index is 1.38. The smallest absolute Gasteiger partial charge is 0.238 e. The minimum Gasteiger partial charge on any atom is -0.336 e. The highest BCUT2D eigenvalue weighted by Gasteiger charge is 2.17. The van der Waals surface area contributed by atoms with Gasteiger partial charge >= 0.3 is 0 Å². The molecule has 1 amide bonds. The van der Waals surface area contributed by atoms with E-state index in [2.05, 4.69) is 41.9 Å². The lowest BCUT2D eigenvalue weighted by Crippen LogP contribution is -2.27. The largest absolute Gasteiger partial charge is 0.336 e. The van der Waals surface area contributed by atoms with Crippen molar-refractivity contribution in [3.05, 3.63) is 65.7 Å². The summed E-state index contributed by atoms with van der Waals surface area (Å²) >= 11 is 1.63. The van der Waals surface area contributed by atoms with Crippen LogP contribution in [0, 0.1) is 0 Å². The molecule has 6 aromatic rings. The molecule has 178 valence electrons. The zero-order valence-corrected chi connectivity index (χ0v) is 20.4. The van der Waals surface area contributed by atoms with Crippen molar-refractivity contribution in [3.8, 4) is 33.9 Å². The number of anilines is 1. The molecular weight excluding hydrogens is 472 g/mol. The Bertz CT molecular complexity index is 1700. The van der Waals surface area contributed by atoms with E-state index in [1.807, 2.05) is 54.7 Å². The molecule has 0 aliphatic carbocycles. The normalized spacial score (nSPS) is 11.5. The number of H-pyrrole nitrogens is 2. The SMILES string of the molecule is CN(C)CC(=O)Nc1cncc(-c2ccc3[nH]nc(-c4nc5c(-c6ccsc6)nccc5[nH]4)c3c2)c1. The van der Waals surface area contributed by atoms with Crippen LogP contribution in [0.3, 0.4) is 0 Å². The van der Waals surface area contributed by atoms with Gasteiger partial charge in [0.15, 0.2) is 5.82 Å². The molecule has 6 rings (SSSR count). The van der Waals surface area contributed by atoms with Crippen LogP contribution in [0.2, 0.25) is 0 Å². The second kappa shape index (κ2) is 8.99. The summed E-state index contributed by atoms with van der Waals surface area (Å²) in [6.45, 7) is 0.301. The number of rotatable bonds is 6. The third-order valence-corrected chi connectivity index (χ3v) is 6.48. The van der Waals surface area contributed by atoms with Crippen LogP contribution in [-0.4, -0.2) is 61.6 Å². The third-order valence-electron chi connectivity index (χ3n) is 5.80. The molecule has 0 saturated heterocycles. The number of likely N-dealkylation sites (N-methyl/N-ethyl adjacent to an activating group) is 1. The Hall–Kier alpha value is -4.41. The Morgan fingerprint density at radius 2 is 1.94 bits per heavy atom. The first kappa shape index (κ1) is 22.1. The van der Waals surface area contributed by atoms with Gasteiger partial charge in [-0.15, -0.1) is 0 Å². The van der Waals surface area contributed by atoms with Crippen LogP contribution in [0.25, 0.3) is 55.8 Å². The number of nitrogens with one attached hydrogen (secondary N) is 3. The van der Waals surface area contributed by atoms with Crippen molar-refractivity contribution in [3.63, 3.8) is 0 Å². The quantitative estimate of drug-likeness (QED) is 0.307. The Labute approximate surface area is 210 Å². The van der Waals surface area contributed by atoms with Gasteiger partial charge in [0.05, 0.1) is 35.2 Å². The number of hydrogen-bond acceptors (Lipinski definition) is 7. The fraction of sp³-hybridized carbons (Fsp3) is 0.115. The van der Waals surface area contributed by atoms with Crippen LogP contribution < -0.4 is 5.32 Å². The number of imidazole rings is 1. The van der Waals surface area contributed by atoms with Crippen LogP contribution in [0.1, 0.15) is 0 Å². The van der Waals surface area contributed by atoms with Crippen LogP contribution >= 0.6 is 11.3 Å². The third kappa shape index (κ3) is 4.12. The highest BCUT2D eigenvalue weighted by atomic mass is 32.1. The van der Waals surface area contributed by atoms with Gasteiger partial charge in [-0.05, 0) is 55.4 Å². The number of carbonyl (C=O) groups is 1. The molecule has 0 fully saturated rings. The molecule has 5 aromatic heterocycles. The molecule has 0 atom stereocenters. The van der Waals surface area contributed by atoms with Crippen molar-refractivity contribution in [1.82, 2.24) is 35.0 Å². The van der Waals surface area contributed by atoms with E-state index in [9.17, 15) is 4.79 Å². The van der Waals surface area contributed by atoms with E-state index in [1.54, 1.807) is 29.9 Å². The molecule has 0 aliphatic heterocycles. The summed E-state index contributed by atoms with van der Waals surface area (Å²) in [5.41, 5.74) is 7.72. The minimum atomic E-state index is -0.0901. The number of thiophene rings is 1. The predicted molar refractivity (Wildman–Crippen MR) is 143 cm³/mol. The maximum absolute atomic E-state index is 12.2. The summed E-state index contributed by atoms with van der Waals surface area (Å²) in [5.74, 6) is 0.577. The zero-order chi connectivity index (χ0) is 24.6. The van der Waals surface area contributed by atoms with Gasteiger partial charge in [0.1, 0.15) is 11.2 Å². The van der Waals surface area contributed by atoms with Gasteiger partial charge in [-0.1, -0.05) is 6.07 Å². The number of nitrogens with zero attached hydrogens (tertiary/aromatic N) is 5. The lowest BCUT2D eigenvalue weighted by molar-refractivity contribution is -0.116. The van der Waals surface area contributed by atoms with E-state index in [4.69, 9.17) is 4.98 Å². The molecular formula is C26H22N8OS. The van der Waals surface area contributed by atoms with Gasteiger partial charge in [0.25, 0.3) is 0 Å². The number of aromatic amines is 2. The van der Waals surface area contributed by atoms with Gasteiger partial charge in [-0.2, -0.15) is 16.4 Å². The number of carbonyl (C=O) groups excluding carboxylic acids is 1. The average molecular weight is 495 g/mol. The number of aromatic nitrogens is 6. The Morgan fingerprint density at radius 3 is 2.78 bits per heavy atom. The zero-order valence-electron chi connectivity index (χ0n) is 19.6. The first-order chi connectivity index (χ1) is 17.5. The van der Waals surface area contributed by atoms with Crippen LogP contribution in [0.15, 0.2) is 65.7 Å². The molecule has 10 heteroatoms. The lowest BCUT2D eigenvalue weighted by Gasteiger charge is -2.11.